The highest BCUT2D eigenvalue weighted by atomic mass is 15.3. The number of hydrogen-bond acceptors (Lipinski definition) is 2. The number of nitrogens with one attached hydrogen (secondary N) is 1. The van der Waals surface area contributed by atoms with Crippen molar-refractivity contribution in [1.29, 1.82) is 0 Å². The molecule has 0 spiro atoms. The predicted molar refractivity (Wildman–Crippen MR) is 74.9 cm³/mol. The molecule has 0 unspecified atom stereocenters. The largest absolute Gasteiger partial charge is 0.385 e. The molecular weight excluding hydrogens is 222 g/mol. The first kappa shape index (κ1) is 11.3. The quantitative estimate of drug-likeness (QED) is 0.874. The summed E-state index contributed by atoms with van der Waals surface area (Å²) in [5.74, 6) is 0. The zero-order chi connectivity index (χ0) is 12.5. The highest BCUT2D eigenvalue weighted by Gasteiger charge is 2.12. The molecule has 3 rings (SSSR count). The third-order valence-electron chi connectivity index (χ3n) is 3.62. The van der Waals surface area contributed by atoms with Crippen molar-refractivity contribution >= 4 is 5.69 Å². The van der Waals surface area contributed by atoms with E-state index in [2.05, 4.69) is 48.7 Å². The molecule has 3 heteroatoms. The van der Waals surface area contributed by atoms with Crippen molar-refractivity contribution in [2.24, 2.45) is 0 Å². The van der Waals surface area contributed by atoms with Gasteiger partial charge in [-0.3, -0.25) is 4.68 Å². The molecule has 94 valence electrons. The Morgan fingerprint density at radius 2 is 2.28 bits per heavy atom. The van der Waals surface area contributed by atoms with E-state index < -0.39 is 0 Å². The van der Waals surface area contributed by atoms with E-state index >= 15 is 0 Å². The number of nitrogens with zero attached hydrogens (tertiary/aromatic N) is 2. The Labute approximate surface area is 108 Å². The molecule has 0 saturated carbocycles. The smallest absolute Gasteiger partial charge is 0.0672 e. The molecule has 18 heavy (non-hydrogen) atoms. The third kappa shape index (κ3) is 1.90. The molecule has 1 aromatic heterocycles. The monoisotopic (exact) mass is 241 g/mol. The SMILES string of the molecule is CCn1cc(-c2ccc3c(c2)CCCN3)c(C)n1. The molecular formula is C15H19N3. The summed E-state index contributed by atoms with van der Waals surface area (Å²) in [7, 11) is 0. The van der Waals surface area contributed by atoms with Crippen LogP contribution >= 0.6 is 0 Å². The maximum atomic E-state index is 4.52. The van der Waals surface area contributed by atoms with Gasteiger partial charge in [0.25, 0.3) is 0 Å². The third-order valence-corrected chi connectivity index (χ3v) is 3.62. The number of rotatable bonds is 2. The zero-order valence-electron chi connectivity index (χ0n) is 11.0. The van der Waals surface area contributed by atoms with Gasteiger partial charge in [0, 0.05) is 30.5 Å². The molecule has 0 amide bonds. The van der Waals surface area contributed by atoms with Gasteiger partial charge in [0.1, 0.15) is 0 Å². The van der Waals surface area contributed by atoms with Crippen LogP contribution in [-0.4, -0.2) is 16.3 Å². The number of fused-ring (bicyclic) bond motifs is 1. The summed E-state index contributed by atoms with van der Waals surface area (Å²) < 4.78 is 2.00. The number of aryl methyl sites for hydroxylation is 3. The van der Waals surface area contributed by atoms with Gasteiger partial charge in [0.2, 0.25) is 0 Å². The maximum absolute atomic E-state index is 4.52. The van der Waals surface area contributed by atoms with E-state index in [-0.39, 0.29) is 0 Å². The van der Waals surface area contributed by atoms with Gasteiger partial charge < -0.3 is 5.32 Å². The molecule has 2 heterocycles. The van der Waals surface area contributed by atoms with Gasteiger partial charge >= 0.3 is 0 Å². The fraction of sp³-hybridized carbons (Fsp3) is 0.400. The van der Waals surface area contributed by atoms with Crippen molar-refractivity contribution in [3.05, 3.63) is 35.7 Å². The highest BCUT2D eigenvalue weighted by Crippen LogP contribution is 2.29. The minimum Gasteiger partial charge on any atom is -0.385 e. The molecule has 1 aromatic carbocycles. The molecule has 2 aromatic rings. The first-order valence-electron chi connectivity index (χ1n) is 6.69. The van der Waals surface area contributed by atoms with Crippen LogP contribution in [0.2, 0.25) is 0 Å². The molecule has 3 nitrogen and oxygen atoms in total. The van der Waals surface area contributed by atoms with E-state index in [1.807, 2.05) is 4.68 Å². The van der Waals surface area contributed by atoms with Crippen LogP contribution in [0.25, 0.3) is 11.1 Å². The van der Waals surface area contributed by atoms with E-state index in [4.69, 9.17) is 0 Å². The Hall–Kier alpha value is -1.77. The molecule has 0 saturated heterocycles. The van der Waals surface area contributed by atoms with Crippen LogP contribution in [0.3, 0.4) is 0 Å². The van der Waals surface area contributed by atoms with Crippen LogP contribution in [0.15, 0.2) is 24.4 Å². The lowest BCUT2D eigenvalue weighted by Crippen LogP contribution is -2.11. The van der Waals surface area contributed by atoms with Crippen LogP contribution in [0.5, 0.6) is 0 Å². The van der Waals surface area contributed by atoms with Gasteiger partial charge in [-0.25, -0.2) is 0 Å². The Kier molecular flexibility index (Phi) is 2.82. The second-order valence-corrected chi connectivity index (χ2v) is 4.89. The van der Waals surface area contributed by atoms with Crippen LogP contribution in [-0.2, 0) is 13.0 Å². The lowest BCUT2D eigenvalue weighted by molar-refractivity contribution is 0.653. The van der Waals surface area contributed by atoms with Crippen molar-refractivity contribution in [1.82, 2.24) is 9.78 Å². The summed E-state index contributed by atoms with van der Waals surface area (Å²) in [5, 5.41) is 7.97. The predicted octanol–water partition coefficient (Wildman–Crippen LogP) is 3.24. The first-order valence-corrected chi connectivity index (χ1v) is 6.69. The number of aromatic nitrogens is 2. The molecule has 1 aliphatic heterocycles. The minimum atomic E-state index is 0.924. The second-order valence-electron chi connectivity index (χ2n) is 4.89. The summed E-state index contributed by atoms with van der Waals surface area (Å²) >= 11 is 0. The van der Waals surface area contributed by atoms with Crippen molar-refractivity contribution in [2.45, 2.75) is 33.2 Å². The van der Waals surface area contributed by atoms with Crippen LogP contribution in [0.4, 0.5) is 5.69 Å². The Bertz CT molecular complexity index is 569. The number of anilines is 1. The number of benzene rings is 1. The normalized spacial score (nSPS) is 14.1. The fourth-order valence-electron chi connectivity index (χ4n) is 2.61. The second kappa shape index (κ2) is 4.48. The lowest BCUT2D eigenvalue weighted by Gasteiger charge is -2.18. The maximum Gasteiger partial charge on any atom is 0.0672 e. The lowest BCUT2D eigenvalue weighted by atomic mass is 9.98. The minimum absolute atomic E-state index is 0.924. The van der Waals surface area contributed by atoms with E-state index in [1.165, 1.54) is 35.2 Å². The molecule has 1 aliphatic rings. The topological polar surface area (TPSA) is 29.9 Å². The van der Waals surface area contributed by atoms with Crippen molar-refractivity contribution in [2.75, 3.05) is 11.9 Å². The Morgan fingerprint density at radius 1 is 1.39 bits per heavy atom. The summed E-state index contributed by atoms with van der Waals surface area (Å²) in [6, 6.07) is 6.71. The summed E-state index contributed by atoms with van der Waals surface area (Å²) in [4.78, 5) is 0. The van der Waals surface area contributed by atoms with Gasteiger partial charge in [-0.2, -0.15) is 5.10 Å². The Morgan fingerprint density at radius 3 is 3.06 bits per heavy atom. The molecule has 0 aliphatic carbocycles. The van der Waals surface area contributed by atoms with E-state index in [0.29, 0.717) is 0 Å². The highest BCUT2D eigenvalue weighted by molar-refractivity contribution is 5.70. The van der Waals surface area contributed by atoms with Crippen molar-refractivity contribution in [3.8, 4) is 11.1 Å². The molecule has 0 radical (unpaired) electrons. The van der Waals surface area contributed by atoms with E-state index in [0.717, 1.165) is 18.8 Å². The van der Waals surface area contributed by atoms with E-state index in [9.17, 15) is 0 Å². The molecule has 0 fully saturated rings. The first-order chi connectivity index (χ1) is 8.78. The van der Waals surface area contributed by atoms with Gasteiger partial charge in [0.05, 0.1) is 5.69 Å². The molecule has 1 N–H and O–H groups in total. The average Bonchev–Trinajstić information content (AvgIpc) is 2.79. The fourth-order valence-corrected chi connectivity index (χ4v) is 2.61. The van der Waals surface area contributed by atoms with Gasteiger partial charge in [0.15, 0.2) is 0 Å². The van der Waals surface area contributed by atoms with Crippen LogP contribution < -0.4 is 5.32 Å². The zero-order valence-corrected chi connectivity index (χ0v) is 11.0. The van der Waals surface area contributed by atoms with Crippen molar-refractivity contribution in [3.63, 3.8) is 0 Å². The van der Waals surface area contributed by atoms with Gasteiger partial charge in [-0.15, -0.1) is 0 Å². The summed E-state index contributed by atoms with van der Waals surface area (Å²) in [5.41, 5.74) is 6.38. The Balaban J connectivity index is 2.03. The summed E-state index contributed by atoms with van der Waals surface area (Å²) in [6.45, 7) is 6.22. The summed E-state index contributed by atoms with van der Waals surface area (Å²) in [6.07, 6.45) is 4.55. The van der Waals surface area contributed by atoms with Crippen LogP contribution in [0.1, 0.15) is 24.6 Å². The van der Waals surface area contributed by atoms with Gasteiger partial charge in [-0.1, -0.05) is 6.07 Å². The standard InChI is InChI=1S/C15H19N3/c1-3-18-10-14(11(2)17-18)12-6-7-15-13(9-12)5-4-8-16-15/h6-7,9-10,16H,3-5,8H2,1-2H3. The van der Waals surface area contributed by atoms with Crippen LogP contribution in [0, 0.1) is 6.92 Å². The average molecular weight is 241 g/mol. The van der Waals surface area contributed by atoms with E-state index in [1.54, 1.807) is 0 Å². The number of hydrogen-bond donors (Lipinski definition) is 1. The van der Waals surface area contributed by atoms with Gasteiger partial charge in [-0.05, 0) is 49.9 Å². The molecule has 0 bridgehead atoms. The molecule has 0 atom stereocenters. The van der Waals surface area contributed by atoms with Crippen molar-refractivity contribution < 1.29 is 0 Å².